The van der Waals surface area contributed by atoms with Gasteiger partial charge >= 0.3 is 11.9 Å². The summed E-state index contributed by atoms with van der Waals surface area (Å²) in [5, 5.41) is 18.5. The van der Waals surface area contributed by atoms with Crippen LogP contribution >= 0.6 is 0 Å². The molecule has 0 aromatic carbocycles. The van der Waals surface area contributed by atoms with Crippen molar-refractivity contribution in [3.63, 3.8) is 0 Å². The molecule has 2 N–H and O–H groups in total. The third-order valence-electron chi connectivity index (χ3n) is 3.26. The quantitative estimate of drug-likeness (QED) is 0.858. The molecule has 0 aliphatic carbocycles. The molecule has 0 saturated carbocycles. The van der Waals surface area contributed by atoms with E-state index in [1.165, 1.54) is 17.0 Å². The van der Waals surface area contributed by atoms with Gasteiger partial charge in [0.1, 0.15) is 5.69 Å². The molecular formula is C13H11N3O5. The predicted molar refractivity (Wildman–Crippen MR) is 68.2 cm³/mol. The largest absolute Gasteiger partial charge is 0.478 e. The topological polar surface area (TPSA) is 115 Å². The lowest BCUT2D eigenvalue weighted by atomic mass is 10.1. The van der Waals surface area contributed by atoms with E-state index in [4.69, 9.17) is 4.74 Å². The van der Waals surface area contributed by atoms with Crippen molar-refractivity contribution in [3.8, 4) is 0 Å². The minimum atomic E-state index is -1.21. The van der Waals surface area contributed by atoms with Gasteiger partial charge in [-0.25, -0.2) is 19.6 Å². The van der Waals surface area contributed by atoms with Gasteiger partial charge in [0.15, 0.2) is 11.9 Å². The van der Waals surface area contributed by atoms with Gasteiger partial charge < -0.3 is 19.5 Å². The van der Waals surface area contributed by atoms with Crippen molar-refractivity contribution in [3.05, 3.63) is 47.3 Å². The van der Waals surface area contributed by atoms with Gasteiger partial charge in [-0.2, -0.15) is 0 Å². The average molecular weight is 289 g/mol. The van der Waals surface area contributed by atoms with Crippen LogP contribution in [0.2, 0.25) is 0 Å². The maximum absolute atomic E-state index is 11.4. The summed E-state index contributed by atoms with van der Waals surface area (Å²) in [6.07, 6.45) is 2.25. The zero-order valence-electron chi connectivity index (χ0n) is 10.8. The predicted octanol–water partition coefficient (Wildman–Crippen LogP) is 0.794. The van der Waals surface area contributed by atoms with E-state index in [2.05, 4.69) is 9.97 Å². The number of carboxylic acid groups (broad SMARTS) is 2. The molecule has 0 bridgehead atoms. The maximum Gasteiger partial charge on any atom is 0.352 e. The average Bonchev–Trinajstić information content (AvgIpc) is 2.88. The number of aromatic nitrogens is 3. The van der Waals surface area contributed by atoms with Crippen molar-refractivity contribution in [2.75, 3.05) is 6.61 Å². The number of ether oxygens (including phenoxy) is 1. The van der Waals surface area contributed by atoms with E-state index in [-0.39, 0.29) is 30.1 Å². The highest BCUT2D eigenvalue weighted by molar-refractivity contribution is 5.95. The number of rotatable bonds is 3. The summed E-state index contributed by atoms with van der Waals surface area (Å²) in [6.45, 7) is 0.525. The van der Waals surface area contributed by atoms with Crippen molar-refractivity contribution < 1.29 is 24.5 Å². The second-order valence-electron chi connectivity index (χ2n) is 4.45. The summed E-state index contributed by atoms with van der Waals surface area (Å²) in [7, 11) is 0. The summed E-state index contributed by atoms with van der Waals surface area (Å²) in [6, 6.07) is 2.77. The van der Waals surface area contributed by atoms with Gasteiger partial charge in [0.25, 0.3) is 0 Å². The van der Waals surface area contributed by atoms with Gasteiger partial charge in [0.05, 0.1) is 17.9 Å². The number of hydrogen-bond acceptors (Lipinski definition) is 5. The monoisotopic (exact) mass is 289 g/mol. The molecule has 2 aromatic rings. The number of nitrogens with zero attached hydrogens (tertiary/aromatic N) is 3. The van der Waals surface area contributed by atoms with Crippen LogP contribution < -0.4 is 0 Å². The van der Waals surface area contributed by atoms with Crippen LogP contribution in [-0.4, -0.2) is 43.3 Å². The fourth-order valence-corrected chi connectivity index (χ4v) is 2.42. The van der Waals surface area contributed by atoms with Crippen LogP contribution in [0.4, 0.5) is 0 Å². The first-order valence-electron chi connectivity index (χ1n) is 6.18. The number of carbonyl (C=O) groups is 2. The van der Waals surface area contributed by atoms with E-state index in [1.807, 2.05) is 0 Å². The second kappa shape index (κ2) is 4.98. The SMILES string of the molecule is O=C(O)c1cc(C(=O)O)n2c1[C@@H](c1ncccn1)OCC2. The normalized spacial score (nSPS) is 17.2. The molecule has 8 nitrogen and oxygen atoms in total. The van der Waals surface area contributed by atoms with Gasteiger partial charge in [-0.1, -0.05) is 0 Å². The lowest BCUT2D eigenvalue weighted by molar-refractivity contribution is 0.0364. The molecule has 2 aromatic heterocycles. The Morgan fingerprint density at radius 1 is 1.24 bits per heavy atom. The van der Waals surface area contributed by atoms with E-state index in [0.29, 0.717) is 5.82 Å². The van der Waals surface area contributed by atoms with E-state index >= 15 is 0 Å². The van der Waals surface area contributed by atoms with Crippen molar-refractivity contribution >= 4 is 11.9 Å². The molecule has 0 unspecified atom stereocenters. The minimum Gasteiger partial charge on any atom is -0.478 e. The molecule has 8 heteroatoms. The first-order valence-corrected chi connectivity index (χ1v) is 6.18. The summed E-state index contributed by atoms with van der Waals surface area (Å²) < 4.78 is 7.01. The Balaban J connectivity index is 2.20. The molecule has 0 amide bonds. The Morgan fingerprint density at radius 3 is 2.57 bits per heavy atom. The molecule has 21 heavy (non-hydrogen) atoms. The van der Waals surface area contributed by atoms with Crippen LogP contribution in [0.25, 0.3) is 0 Å². The molecule has 108 valence electrons. The summed E-state index contributed by atoms with van der Waals surface area (Å²) in [4.78, 5) is 30.8. The van der Waals surface area contributed by atoms with E-state index in [1.54, 1.807) is 6.07 Å². The van der Waals surface area contributed by atoms with Crippen molar-refractivity contribution in [2.24, 2.45) is 0 Å². The molecule has 0 fully saturated rings. The second-order valence-corrected chi connectivity index (χ2v) is 4.45. The third-order valence-corrected chi connectivity index (χ3v) is 3.26. The Hall–Kier alpha value is -2.74. The lowest BCUT2D eigenvalue weighted by Crippen LogP contribution is -2.27. The van der Waals surface area contributed by atoms with Gasteiger partial charge in [-0.05, 0) is 12.1 Å². The van der Waals surface area contributed by atoms with Crippen molar-refractivity contribution in [1.82, 2.24) is 14.5 Å². The highest BCUT2D eigenvalue weighted by Gasteiger charge is 2.34. The summed E-state index contributed by atoms with van der Waals surface area (Å²) >= 11 is 0. The fourth-order valence-electron chi connectivity index (χ4n) is 2.42. The lowest BCUT2D eigenvalue weighted by Gasteiger charge is -2.25. The van der Waals surface area contributed by atoms with Crippen molar-refractivity contribution in [2.45, 2.75) is 12.6 Å². The molecule has 3 rings (SSSR count). The van der Waals surface area contributed by atoms with E-state index < -0.39 is 18.0 Å². The number of hydrogen-bond donors (Lipinski definition) is 2. The first kappa shape index (κ1) is 13.3. The highest BCUT2D eigenvalue weighted by atomic mass is 16.5. The van der Waals surface area contributed by atoms with E-state index in [9.17, 15) is 19.8 Å². The van der Waals surface area contributed by atoms with Gasteiger partial charge in [0, 0.05) is 18.9 Å². The van der Waals surface area contributed by atoms with Crippen molar-refractivity contribution in [1.29, 1.82) is 0 Å². The number of aromatic carboxylic acids is 2. The van der Waals surface area contributed by atoms with Crippen LogP contribution in [0.15, 0.2) is 24.5 Å². The summed E-state index contributed by atoms with van der Waals surface area (Å²) in [5.74, 6) is -2.09. The molecule has 0 radical (unpaired) electrons. The highest BCUT2D eigenvalue weighted by Crippen LogP contribution is 2.32. The fraction of sp³-hybridized carbons (Fsp3) is 0.231. The maximum atomic E-state index is 11.4. The van der Waals surface area contributed by atoms with Gasteiger partial charge in [-0.15, -0.1) is 0 Å². The number of fused-ring (bicyclic) bond motifs is 1. The van der Waals surface area contributed by atoms with Gasteiger partial charge in [-0.3, -0.25) is 0 Å². The smallest absolute Gasteiger partial charge is 0.352 e. The zero-order chi connectivity index (χ0) is 15.0. The number of carboxylic acids is 2. The molecule has 3 heterocycles. The van der Waals surface area contributed by atoms with E-state index in [0.717, 1.165) is 6.07 Å². The van der Waals surface area contributed by atoms with Crippen LogP contribution in [0.5, 0.6) is 0 Å². The molecule has 0 saturated heterocycles. The molecule has 1 aliphatic heterocycles. The zero-order valence-corrected chi connectivity index (χ0v) is 10.8. The summed E-state index contributed by atoms with van der Waals surface area (Å²) in [5.41, 5.74) is 0.0773. The molecular weight excluding hydrogens is 278 g/mol. The van der Waals surface area contributed by atoms with Crippen LogP contribution in [-0.2, 0) is 11.3 Å². The molecule has 1 aliphatic rings. The molecule has 0 spiro atoms. The third kappa shape index (κ3) is 2.15. The standard InChI is InChI=1S/C13H11N3O5/c17-12(18)7-6-8(13(19)20)16-4-5-21-10(9(7)16)11-14-2-1-3-15-11/h1-3,6,10H,4-5H2,(H,17,18)(H,19,20)/t10-/m0/s1. The molecule has 1 atom stereocenters. The first-order chi connectivity index (χ1) is 10.1. The Kier molecular flexibility index (Phi) is 3.15. The minimum absolute atomic E-state index is 0.0772. The van der Waals surface area contributed by atoms with Crippen LogP contribution in [0.1, 0.15) is 38.5 Å². The Morgan fingerprint density at radius 2 is 1.95 bits per heavy atom. The Bertz CT molecular complexity index is 710. The van der Waals surface area contributed by atoms with Gasteiger partial charge in [0.2, 0.25) is 0 Å². The Labute approximate surface area is 118 Å². The van der Waals surface area contributed by atoms with Crippen LogP contribution in [0, 0.1) is 0 Å². The van der Waals surface area contributed by atoms with Crippen LogP contribution in [0.3, 0.4) is 0 Å².